The van der Waals surface area contributed by atoms with E-state index in [2.05, 4.69) is 0 Å². The van der Waals surface area contributed by atoms with E-state index < -0.39 is 18.2 Å². The third-order valence-corrected chi connectivity index (χ3v) is 2.08. The van der Waals surface area contributed by atoms with Crippen LogP contribution in [0.15, 0.2) is 24.3 Å². The summed E-state index contributed by atoms with van der Waals surface area (Å²) in [5.41, 5.74) is 1.70. The lowest BCUT2D eigenvalue weighted by Crippen LogP contribution is -2.26. The van der Waals surface area contributed by atoms with Gasteiger partial charge in [-0.15, -0.1) is 0 Å². The van der Waals surface area contributed by atoms with Gasteiger partial charge in [-0.1, -0.05) is 23.8 Å². The summed E-state index contributed by atoms with van der Waals surface area (Å²) in [5.74, 6) is -1.09. The van der Waals surface area contributed by atoms with Crippen LogP contribution in [0.3, 0.4) is 0 Å². The molecule has 1 fully saturated rings. The highest BCUT2D eigenvalue weighted by Gasteiger charge is 2.28. The van der Waals surface area contributed by atoms with Crippen LogP contribution in [-0.4, -0.2) is 11.9 Å². The zero-order chi connectivity index (χ0) is 10.8. The van der Waals surface area contributed by atoms with E-state index in [1.54, 1.807) is 6.07 Å². The second kappa shape index (κ2) is 3.73. The minimum Gasteiger partial charge on any atom is -0.420 e. The molecule has 0 aromatic heterocycles. The van der Waals surface area contributed by atoms with Gasteiger partial charge in [0, 0.05) is 5.56 Å². The summed E-state index contributed by atoms with van der Waals surface area (Å²) in [4.78, 5) is 22.0. The molecule has 0 N–H and O–H groups in total. The lowest BCUT2D eigenvalue weighted by atomic mass is 10.1. The number of benzene rings is 1. The van der Waals surface area contributed by atoms with Crippen LogP contribution in [-0.2, 0) is 19.1 Å². The molecule has 0 unspecified atom stereocenters. The smallest absolute Gasteiger partial charge is 0.320 e. The van der Waals surface area contributed by atoms with E-state index in [0.717, 1.165) is 5.56 Å². The quantitative estimate of drug-likeness (QED) is 0.516. The summed E-state index contributed by atoms with van der Waals surface area (Å²) in [7, 11) is 0. The maximum Gasteiger partial charge on any atom is 0.320 e. The van der Waals surface area contributed by atoms with E-state index in [4.69, 9.17) is 9.47 Å². The van der Waals surface area contributed by atoms with Crippen molar-refractivity contribution in [3.8, 4) is 0 Å². The van der Waals surface area contributed by atoms with Gasteiger partial charge >= 0.3 is 11.9 Å². The van der Waals surface area contributed by atoms with E-state index in [1.807, 2.05) is 25.1 Å². The molecule has 1 aliphatic rings. The number of carbonyl (C=O) groups is 2. The second-order valence-electron chi connectivity index (χ2n) is 3.40. The van der Waals surface area contributed by atoms with E-state index in [0.29, 0.717) is 5.56 Å². The molecule has 0 amide bonds. The molecule has 4 heteroatoms. The van der Waals surface area contributed by atoms with E-state index in [9.17, 15) is 9.59 Å². The van der Waals surface area contributed by atoms with Crippen LogP contribution in [0.5, 0.6) is 0 Å². The number of rotatable bonds is 1. The number of aryl methyl sites for hydroxylation is 1. The van der Waals surface area contributed by atoms with Crippen molar-refractivity contribution in [2.24, 2.45) is 0 Å². The monoisotopic (exact) mass is 206 g/mol. The highest BCUT2D eigenvalue weighted by atomic mass is 16.7. The maximum atomic E-state index is 11.0. The Labute approximate surface area is 86.8 Å². The first-order valence-electron chi connectivity index (χ1n) is 4.61. The molecule has 1 heterocycles. The van der Waals surface area contributed by atoms with Gasteiger partial charge in [0.05, 0.1) is 0 Å². The molecule has 1 aromatic carbocycles. The minimum atomic E-state index is -0.890. The first-order valence-corrected chi connectivity index (χ1v) is 4.61. The lowest BCUT2D eigenvalue weighted by Gasteiger charge is -2.22. The van der Waals surface area contributed by atoms with E-state index in [-0.39, 0.29) is 6.42 Å². The van der Waals surface area contributed by atoms with Gasteiger partial charge in [-0.25, -0.2) is 0 Å². The van der Waals surface area contributed by atoms with Gasteiger partial charge in [0.15, 0.2) is 0 Å². The summed E-state index contributed by atoms with van der Waals surface area (Å²) in [6, 6.07) is 7.30. The van der Waals surface area contributed by atoms with Crippen molar-refractivity contribution >= 4 is 11.9 Å². The fourth-order valence-corrected chi connectivity index (χ4v) is 1.42. The number of hydrogen-bond acceptors (Lipinski definition) is 4. The molecule has 0 aliphatic carbocycles. The summed E-state index contributed by atoms with van der Waals surface area (Å²) < 4.78 is 9.83. The van der Waals surface area contributed by atoms with Crippen LogP contribution in [0, 0.1) is 6.92 Å². The van der Waals surface area contributed by atoms with Crippen LogP contribution in [0.2, 0.25) is 0 Å². The van der Waals surface area contributed by atoms with Crippen LogP contribution in [0.4, 0.5) is 0 Å². The average molecular weight is 206 g/mol. The van der Waals surface area contributed by atoms with Crippen molar-refractivity contribution in [3.63, 3.8) is 0 Å². The molecular formula is C11H10O4. The van der Waals surface area contributed by atoms with Gasteiger partial charge in [-0.2, -0.15) is 0 Å². The largest absolute Gasteiger partial charge is 0.420 e. The Hall–Kier alpha value is -1.84. The topological polar surface area (TPSA) is 52.6 Å². The Morgan fingerprint density at radius 1 is 1.20 bits per heavy atom. The van der Waals surface area contributed by atoms with Crippen LogP contribution in [0.1, 0.15) is 23.8 Å². The third-order valence-electron chi connectivity index (χ3n) is 2.08. The Balaban J connectivity index is 2.23. The molecule has 0 radical (unpaired) electrons. The molecule has 4 nitrogen and oxygen atoms in total. The van der Waals surface area contributed by atoms with Gasteiger partial charge in [-0.3, -0.25) is 9.59 Å². The Morgan fingerprint density at radius 3 is 2.47 bits per heavy atom. The third kappa shape index (κ3) is 2.15. The molecule has 1 aliphatic heterocycles. The SMILES string of the molecule is Cc1cccc(C2OC(=O)CC(=O)O2)c1. The van der Waals surface area contributed by atoms with E-state index >= 15 is 0 Å². The number of ether oxygens (including phenoxy) is 2. The lowest BCUT2D eigenvalue weighted by molar-refractivity contribution is -0.204. The molecule has 0 spiro atoms. The minimum absolute atomic E-state index is 0.303. The molecule has 2 rings (SSSR count). The van der Waals surface area contributed by atoms with Gasteiger partial charge in [0.2, 0.25) is 0 Å². The van der Waals surface area contributed by atoms with Gasteiger partial charge < -0.3 is 9.47 Å². The maximum absolute atomic E-state index is 11.0. The zero-order valence-electron chi connectivity index (χ0n) is 8.23. The van der Waals surface area contributed by atoms with Crippen LogP contribution >= 0.6 is 0 Å². The fraction of sp³-hybridized carbons (Fsp3) is 0.273. The number of carbonyl (C=O) groups excluding carboxylic acids is 2. The first-order chi connectivity index (χ1) is 7.15. The van der Waals surface area contributed by atoms with Crippen molar-refractivity contribution < 1.29 is 19.1 Å². The number of hydrogen-bond donors (Lipinski definition) is 0. The average Bonchev–Trinajstić information content (AvgIpc) is 2.16. The van der Waals surface area contributed by atoms with Crippen molar-refractivity contribution in [2.75, 3.05) is 0 Å². The molecule has 1 saturated heterocycles. The van der Waals surface area contributed by atoms with Crippen molar-refractivity contribution in [3.05, 3.63) is 35.4 Å². The summed E-state index contributed by atoms with van der Waals surface area (Å²) >= 11 is 0. The molecule has 0 bridgehead atoms. The van der Waals surface area contributed by atoms with Crippen LogP contribution in [0.25, 0.3) is 0 Å². The standard InChI is InChI=1S/C11H10O4/c1-7-3-2-4-8(5-7)11-14-9(12)6-10(13)15-11/h2-5,11H,6H2,1H3. The first kappa shape index (κ1) is 9.71. The number of esters is 2. The Bertz CT molecular complexity index is 395. The summed E-state index contributed by atoms with van der Waals surface area (Å²) in [6.07, 6.45) is -1.19. The molecule has 15 heavy (non-hydrogen) atoms. The summed E-state index contributed by atoms with van der Waals surface area (Å²) in [6.45, 7) is 1.91. The molecule has 78 valence electrons. The highest BCUT2D eigenvalue weighted by molar-refractivity contribution is 5.92. The normalized spacial score (nSPS) is 17.1. The van der Waals surface area contributed by atoms with Crippen molar-refractivity contribution in [1.82, 2.24) is 0 Å². The van der Waals surface area contributed by atoms with Gasteiger partial charge in [0.1, 0.15) is 6.42 Å². The van der Waals surface area contributed by atoms with Gasteiger partial charge in [0.25, 0.3) is 6.29 Å². The summed E-state index contributed by atoms with van der Waals surface area (Å²) in [5, 5.41) is 0. The molecule has 0 atom stereocenters. The second-order valence-corrected chi connectivity index (χ2v) is 3.40. The van der Waals surface area contributed by atoms with E-state index in [1.165, 1.54) is 0 Å². The van der Waals surface area contributed by atoms with Crippen molar-refractivity contribution in [2.45, 2.75) is 19.6 Å². The molecule has 0 saturated carbocycles. The number of cyclic esters (lactones) is 2. The molecular weight excluding hydrogens is 196 g/mol. The highest BCUT2D eigenvalue weighted by Crippen LogP contribution is 2.24. The fourth-order valence-electron chi connectivity index (χ4n) is 1.42. The van der Waals surface area contributed by atoms with Gasteiger partial charge in [-0.05, 0) is 13.0 Å². The predicted octanol–water partition coefficient (Wildman–Crippen LogP) is 1.48. The van der Waals surface area contributed by atoms with Crippen LogP contribution < -0.4 is 0 Å². The Kier molecular flexibility index (Phi) is 2.41. The zero-order valence-corrected chi connectivity index (χ0v) is 8.23. The van der Waals surface area contributed by atoms with Crippen molar-refractivity contribution in [1.29, 1.82) is 0 Å². The predicted molar refractivity (Wildman–Crippen MR) is 50.7 cm³/mol. The molecule has 1 aromatic rings. The Morgan fingerprint density at radius 2 is 1.87 bits per heavy atom.